The standard InChI is InChI=1S/C14H17BrN2S/c15-9-12-10-16-14(18-12)17-8-4-3-6-11-5-1-2-7-13(11)17/h1-2,5,7,12H,3-4,6,8-10H2. The van der Waals surface area contributed by atoms with E-state index < -0.39 is 0 Å². The number of alkyl halides is 1. The predicted octanol–water partition coefficient (Wildman–Crippen LogP) is 3.70. The minimum absolute atomic E-state index is 0.607. The van der Waals surface area contributed by atoms with Crippen LogP contribution in [0.5, 0.6) is 0 Å². The van der Waals surface area contributed by atoms with E-state index in [-0.39, 0.29) is 0 Å². The van der Waals surface area contributed by atoms with Gasteiger partial charge >= 0.3 is 0 Å². The van der Waals surface area contributed by atoms with Gasteiger partial charge in [-0.05, 0) is 30.9 Å². The first-order valence-electron chi connectivity index (χ1n) is 6.51. The molecule has 0 bridgehead atoms. The fourth-order valence-electron chi connectivity index (χ4n) is 2.52. The van der Waals surface area contributed by atoms with Crippen LogP contribution in [0.4, 0.5) is 5.69 Å². The Morgan fingerprint density at radius 1 is 1.33 bits per heavy atom. The Morgan fingerprint density at radius 2 is 2.22 bits per heavy atom. The highest BCUT2D eigenvalue weighted by Crippen LogP contribution is 2.32. The summed E-state index contributed by atoms with van der Waals surface area (Å²) in [6.07, 6.45) is 3.74. The summed E-state index contributed by atoms with van der Waals surface area (Å²) in [5.74, 6) is 0. The summed E-state index contributed by atoms with van der Waals surface area (Å²) in [4.78, 5) is 7.15. The van der Waals surface area contributed by atoms with Crippen molar-refractivity contribution in [3.63, 3.8) is 0 Å². The lowest BCUT2D eigenvalue weighted by atomic mass is 10.1. The summed E-state index contributed by atoms with van der Waals surface area (Å²) in [6, 6.07) is 8.79. The van der Waals surface area contributed by atoms with Gasteiger partial charge < -0.3 is 4.90 Å². The molecule has 1 aromatic carbocycles. The Hall–Kier alpha value is -0.480. The van der Waals surface area contributed by atoms with Crippen molar-refractivity contribution in [2.45, 2.75) is 24.5 Å². The largest absolute Gasteiger partial charge is 0.321 e. The molecule has 0 spiro atoms. The van der Waals surface area contributed by atoms with Crippen LogP contribution < -0.4 is 4.90 Å². The zero-order chi connectivity index (χ0) is 12.4. The van der Waals surface area contributed by atoms with Crippen LogP contribution in [0.25, 0.3) is 0 Å². The maximum absolute atomic E-state index is 4.73. The number of aliphatic imine (C=N–C) groups is 1. The molecule has 0 aliphatic carbocycles. The molecule has 0 N–H and O–H groups in total. The van der Waals surface area contributed by atoms with Crippen molar-refractivity contribution in [2.24, 2.45) is 4.99 Å². The third-order valence-corrected chi connectivity index (χ3v) is 5.89. The first kappa shape index (κ1) is 12.5. The summed E-state index contributed by atoms with van der Waals surface area (Å²) in [5.41, 5.74) is 2.84. The van der Waals surface area contributed by atoms with Gasteiger partial charge in [-0.15, -0.1) is 0 Å². The monoisotopic (exact) mass is 324 g/mol. The number of benzene rings is 1. The van der Waals surface area contributed by atoms with E-state index in [1.54, 1.807) is 0 Å². The highest BCUT2D eigenvalue weighted by molar-refractivity contribution is 9.09. The van der Waals surface area contributed by atoms with Gasteiger partial charge in [-0.3, -0.25) is 4.99 Å². The van der Waals surface area contributed by atoms with Gasteiger partial charge in [0, 0.05) is 22.8 Å². The lowest BCUT2D eigenvalue weighted by Crippen LogP contribution is -2.28. The van der Waals surface area contributed by atoms with E-state index in [0.717, 1.165) is 18.4 Å². The fourth-order valence-corrected chi connectivity index (χ4v) is 4.10. The molecule has 0 amide bonds. The second kappa shape index (κ2) is 5.66. The molecule has 2 aliphatic rings. The third-order valence-electron chi connectivity index (χ3n) is 3.47. The van der Waals surface area contributed by atoms with Gasteiger partial charge in [0.2, 0.25) is 0 Å². The van der Waals surface area contributed by atoms with E-state index >= 15 is 0 Å². The molecular weight excluding hydrogens is 308 g/mol. The molecule has 1 unspecified atom stereocenters. The molecular formula is C14H17BrN2S. The van der Waals surface area contributed by atoms with Crippen LogP contribution in [0.3, 0.4) is 0 Å². The van der Waals surface area contributed by atoms with Crippen LogP contribution in [0.1, 0.15) is 18.4 Å². The summed E-state index contributed by atoms with van der Waals surface area (Å²) in [7, 11) is 0. The zero-order valence-corrected chi connectivity index (χ0v) is 12.7. The molecule has 0 aromatic heterocycles. The molecule has 18 heavy (non-hydrogen) atoms. The Bertz CT molecular complexity index is 461. The van der Waals surface area contributed by atoms with Crippen LogP contribution in [-0.4, -0.2) is 28.8 Å². The average molecular weight is 325 g/mol. The molecule has 1 aromatic rings. The van der Waals surface area contributed by atoms with E-state index in [0.29, 0.717) is 5.25 Å². The molecule has 0 radical (unpaired) electrons. The molecule has 96 valence electrons. The summed E-state index contributed by atoms with van der Waals surface area (Å²) in [6.45, 7) is 2.06. The van der Waals surface area contributed by atoms with Gasteiger partial charge in [-0.2, -0.15) is 0 Å². The maximum Gasteiger partial charge on any atom is 0.164 e. The summed E-state index contributed by atoms with van der Waals surface area (Å²) < 4.78 is 0. The SMILES string of the molecule is BrCC1CN=C(N2CCCCc3ccccc32)S1. The molecule has 2 aliphatic heterocycles. The van der Waals surface area contributed by atoms with E-state index in [2.05, 4.69) is 45.1 Å². The lowest BCUT2D eigenvalue weighted by molar-refractivity contribution is 0.767. The van der Waals surface area contributed by atoms with Crippen LogP contribution in [-0.2, 0) is 6.42 Å². The van der Waals surface area contributed by atoms with Crippen molar-refractivity contribution in [2.75, 3.05) is 23.3 Å². The van der Waals surface area contributed by atoms with Crippen molar-refractivity contribution in [1.82, 2.24) is 0 Å². The Balaban J connectivity index is 1.88. The molecule has 1 atom stereocenters. The van der Waals surface area contributed by atoms with Crippen LogP contribution in [0.15, 0.2) is 29.3 Å². The van der Waals surface area contributed by atoms with E-state index in [4.69, 9.17) is 4.99 Å². The number of anilines is 1. The molecule has 4 heteroatoms. The number of fused-ring (bicyclic) bond motifs is 1. The Morgan fingerprint density at radius 3 is 3.06 bits per heavy atom. The first-order chi connectivity index (χ1) is 8.88. The molecule has 2 nitrogen and oxygen atoms in total. The zero-order valence-electron chi connectivity index (χ0n) is 10.3. The normalized spacial score (nSPS) is 23.5. The topological polar surface area (TPSA) is 15.6 Å². The van der Waals surface area contributed by atoms with Gasteiger partial charge in [-0.25, -0.2) is 0 Å². The maximum atomic E-state index is 4.73. The van der Waals surface area contributed by atoms with E-state index in [9.17, 15) is 0 Å². The quantitative estimate of drug-likeness (QED) is 0.732. The first-order valence-corrected chi connectivity index (χ1v) is 8.51. The predicted molar refractivity (Wildman–Crippen MR) is 84.2 cm³/mol. The minimum atomic E-state index is 0.607. The number of hydrogen-bond acceptors (Lipinski definition) is 3. The highest BCUT2D eigenvalue weighted by Gasteiger charge is 2.26. The second-order valence-electron chi connectivity index (χ2n) is 4.75. The Kier molecular flexibility index (Phi) is 3.94. The minimum Gasteiger partial charge on any atom is -0.321 e. The highest BCUT2D eigenvalue weighted by atomic mass is 79.9. The summed E-state index contributed by atoms with van der Waals surface area (Å²) >= 11 is 5.48. The van der Waals surface area contributed by atoms with Crippen molar-refractivity contribution in [1.29, 1.82) is 0 Å². The molecule has 0 saturated heterocycles. The van der Waals surface area contributed by atoms with Crippen LogP contribution >= 0.6 is 27.7 Å². The number of aryl methyl sites for hydroxylation is 1. The van der Waals surface area contributed by atoms with Crippen molar-refractivity contribution >= 4 is 38.5 Å². The summed E-state index contributed by atoms with van der Waals surface area (Å²) in [5, 5.41) is 2.85. The Labute approximate surface area is 121 Å². The molecule has 3 rings (SSSR count). The van der Waals surface area contributed by atoms with Gasteiger partial charge in [-0.1, -0.05) is 45.9 Å². The van der Waals surface area contributed by atoms with Crippen molar-refractivity contribution < 1.29 is 0 Å². The van der Waals surface area contributed by atoms with Gasteiger partial charge in [0.05, 0.1) is 6.54 Å². The van der Waals surface area contributed by atoms with Crippen LogP contribution in [0, 0.1) is 0 Å². The number of amidine groups is 1. The number of rotatable bonds is 1. The number of thioether (sulfide) groups is 1. The molecule has 0 saturated carbocycles. The molecule has 0 fully saturated rings. The smallest absolute Gasteiger partial charge is 0.164 e. The van der Waals surface area contributed by atoms with Gasteiger partial charge in [0.25, 0.3) is 0 Å². The third kappa shape index (κ3) is 2.45. The van der Waals surface area contributed by atoms with Gasteiger partial charge in [0.1, 0.15) is 0 Å². The number of para-hydroxylation sites is 1. The van der Waals surface area contributed by atoms with E-state index in [1.165, 1.54) is 35.7 Å². The van der Waals surface area contributed by atoms with E-state index in [1.807, 2.05) is 11.8 Å². The lowest BCUT2D eigenvalue weighted by Gasteiger charge is -2.24. The number of nitrogens with zero attached hydrogens (tertiary/aromatic N) is 2. The van der Waals surface area contributed by atoms with Crippen LogP contribution in [0.2, 0.25) is 0 Å². The van der Waals surface area contributed by atoms with Gasteiger partial charge in [0.15, 0.2) is 5.17 Å². The average Bonchev–Trinajstić information content (AvgIpc) is 2.78. The number of hydrogen-bond donors (Lipinski definition) is 0. The van der Waals surface area contributed by atoms with Crippen molar-refractivity contribution in [3.8, 4) is 0 Å². The number of halogens is 1. The fraction of sp³-hybridized carbons (Fsp3) is 0.500. The van der Waals surface area contributed by atoms with Crippen molar-refractivity contribution in [3.05, 3.63) is 29.8 Å². The second-order valence-corrected chi connectivity index (χ2v) is 6.67. The molecule has 2 heterocycles.